The quantitative estimate of drug-likeness (QED) is 0.348. The smallest absolute Gasteiger partial charge is 0.326 e. The van der Waals surface area contributed by atoms with Crippen molar-refractivity contribution in [3.63, 3.8) is 0 Å². The summed E-state index contributed by atoms with van der Waals surface area (Å²) < 4.78 is 7.26. The Kier molecular flexibility index (Phi) is 11.1. The fraction of sp³-hybridized carbons (Fsp3) is 0.600. The van der Waals surface area contributed by atoms with E-state index in [2.05, 4.69) is 22.1 Å². The van der Waals surface area contributed by atoms with Crippen molar-refractivity contribution in [1.29, 1.82) is 0 Å². The minimum Gasteiger partial charge on any atom is -0.497 e. The summed E-state index contributed by atoms with van der Waals surface area (Å²) in [6, 6.07) is 6.63. The van der Waals surface area contributed by atoms with Crippen LogP contribution in [0.15, 0.2) is 36.8 Å². The zero-order valence-corrected chi connectivity index (χ0v) is 25.1. The van der Waals surface area contributed by atoms with Crippen LogP contribution in [-0.4, -0.2) is 99.1 Å². The van der Waals surface area contributed by atoms with Crippen LogP contribution in [0, 0.1) is 5.92 Å². The van der Waals surface area contributed by atoms with Gasteiger partial charge < -0.3 is 24.6 Å². The number of hydrogen-bond donors (Lipinski definition) is 2. The summed E-state index contributed by atoms with van der Waals surface area (Å²) in [6.07, 6.45) is 9.67. The van der Waals surface area contributed by atoms with Crippen LogP contribution >= 0.6 is 11.8 Å². The van der Waals surface area contributed by atoms with Crippen LogP contribution in [0.2, 0.25) is 0 Å². The third-order valence-corrected chi connectivity index (χ3v) is 9.07. The zero-order valence-electron chi connectivity index (χ0n) is 24.3. The third-order valence-electron chi connectivity index (χ3n) is 8.43. The number of aromatic nitrogens is 2. The van der Waals surface area contributed by atoms with E-state index in [1.165, 1.54) is 0 Å². The highest BCUT2D eigenvalue weighted by atomic mass is 32.2. The van der Waals surface area contributed by atoms with Gasteiger partial charge in [0.25, 0.3) is 0 Å². The lowest BCUT2D eigenvalue weighted by atomic mass is 9.96. The van der Waals surface area contributed by atoms with Gasteiger partial charge in [-0.25, -0.2) is 9.78 Å². The molecule has 2 fully saturated rings. The van der Waals surface area contributed by atoms with E-state index in [0.29, 0.717) is 31.8 Å². The van der Waals surface area contributed by atoms with Crippen molar-refractivity contribution >= 4 is 29.5 Å². The molecule has 4 rings (SSSR count). The van der Waals surface area contributed by atoms with E-state index in [4.69, 9.17) is 4.74 Å². The van der Waals surface area contributed by atoms with Crippen molar-refractivity contribution in [3.8, 4) is 5.75 Å². The highest BCUT2D eigenvalue weighted by molar-refractivity contribution is 7.98. The molecule has 0 bridgehead atoms. The number of likely N-dealkylation sites (tertiary alicyclic amines) is 2. The van der Waals surface area contributed by atoms with E-state index in [1.807, 2.05) is 40.0 Å². The predicted molar refractivity (Wildman–Crippen MR) is 159 cm³/mol. The maximum atomic E-state index is 13.5. The molecule has 0 saturated carbocycles. The molecule has 0 aliphatic carbocycles. The first-order chi connectivity index (χ1) is 19.8. The summed E-state index contributed by atoms with van der Waals surface area (Å²) in [5.74, 6) is 0.503. The lowest BCUT2D eigenvalue weighted by Crippen LogP contribution is -2.54. The molecular weight excluding hydrogens is 542 g/mol. The van der Waals surface area contributed by atoms with E-state index in [-0.39, 0.29) is 36.2 Å². The number of rotatable bonds is 14. The van der Waals surface area contributed by atoms with E-state index < -0.39 is 12.0 Å². The Hall–Kier alpha value is -3.05. The lowest BCUT2D eigenvalue weighted by Gasteiger charge is -2.33. The Morgan fingerprint density at radius 3 is 2.66 bits per heavy atom. The number of carboxylic acid groups (broad SMARTS) is 1. The maximum absolute atomic E-state index is 13.5. The van der Waals surface area contributed by atoms with Gasteiger partial charge in [-0.1, -0.05) is 25.5 Å². The van der Waals surface area contributed by atoms with Crippen molar-refractivity contribution in [3.05, 3.63) is 48.0 Å². The molecule has 2 amide bonds. The number of carbonyl (C=O) groups is 3. The molecule has 224 valence electrons. The normalized spacial score (nSPS) is 21.6. The van der Waals surface area contributed by atoms with Gasteiger partial charge in [-0.3, -0.25) is 14.5 Å². The van der Waals surface area contributed by atoms with Crippen LogP contribution in [0.25, 0.3) is 0 Å². The van der Waals surface area contributed by atoms with Gasteiger partial charge in [-0.05, 0) is 67.9 Å². The summed E-state index contributed by atoms with van der Waals surface area (Å²) in [7, 11) is 1.64. The van der Waals surface area contributed by atoms with E-state index in [1.54, 1.807) is 31.4 Å². The van der Waals surface area contributed by atoms with Gasteiger partial charge in [-0.15, -0.1) is 0 Å². The number of methoxy groups -OCH3 is 1. The van der Waals surface area contributed by atoms with Gasteiger partial charge in [0.15, 0.2) is 0 Å². The fourth-order valence-corrected chi connectivity index (χ4v) is 6.61. The van der Waals surface area contributed by atoms with Crippen LogP contribution in [0.3, 0.4) is 0 Å². The molecular formula is C30H43N5O5S. The van der Waals surface area contributed by atoms with Crippen LogP contribution in [0.5, 0.6) is 5.75 Å². The number of carboxylic acids is 1. The minimum atomic E-state index is -0.996. The number of thioether (sulfide) groups is 1. The average molecular weight is 586 g/mol. The van der Waals surface area contributed by atoms with Crippen LogP contribution in [-0.2, 0) is 27.3 Å². The van der Waals surface area contributed by atoms with Crippen molar-refractivity contribution in [2.75, 3.05) is 38.8 Å². The summed E-state index contributed by atoms with van der Waals surface area (Å²) in [4.78, 5) is 47.2. The molecule has 4 atom stereocenters. The summed E-state index contributed by atoms with van der Waals surface area (Å²) in [5, 5.41) is 12.5. The SMILES string of the molecule is CC[C@H]1CCN(C[C@@H]2CCCN2C(=O)Cc2cncn2Cc2ccc(OC)cc2)[C@@H]1C(=O)N[C@@H](CCSC)C(=O)O. The van der Waals surface area contributed by atoms with E-state index >= 15 is 0 Å². The lowest BCUT2D eigenvalue weighted by molar-refractivity contribution is -0.143. The summed E-state index contributed by atoms with van der Waals surface area (Å²) >= 11 is 1.57. The Morgan fingerprint density at radius 1 is 1.20 bits per heavy atom. The van der Waals surface area contributed by atoms with Gasteiger partial charge in [-0.2, -0.15) is 11.8 Å². The predicted octanol–water partition coefficient (Wildman–Crippen LogP) is 2.90. The van der Waals surface area contributed by atoms with Crippen molar-refractivity contribution in [1.82, 2.24) is 24.7 Å². The number of hydrogen-bond acceptors (Lipinski definition) is 7. The number of ether oxygens (including phenoxy) is 1. The molecule has 2 aliphatic rings. The monoisotopic (exact) mass is 585 g/mol. The maximum Gasteiger partial charge on any atom is 0.326 e. The first-order valence-electron chi connectivity index (χ1n) is 14.5. The molecule has 41 heavy (non-hydrogen) atoms. The number of aliphatic carboxylic acids is 1. The van der Waals surface area contributed by atoms with E-state index in [9.17, 15) is 19.5 Å². The minimum absolute atomic E-state index is 0.0260. The second-order valence-electron chi connectivity index (χ2n) is 11.0. The highest BCUT2D eigenvalue weighted by Gasteiger charge is 2.42. The molecule has 10 nitrogen and oxygen atoms in total. The fourth-order valence-electron chi connectivity index (χ4n) is 6.14. The summed E-state index contributed by atoms with van der Waals surface area (Å²) in [5.41, 5.74) is 1.96. The number of benzene rings is 1. The second-order valence-corrected chi connectivity index (χ2v) is 12.0. The highest BCUT2D eigenvalue weighted by Crippen LogP contribution is 2.30. The van der Waals surface area contributed by atoms with Crippen molar-refractivity contribution < 1.29 is 24.2 Å². The molecule has 2 saturated heterocycles. The number of nitrogens with one attached hydrogen (secondary N) is 1. The number of nitrogens with zero attached hydrogens (tertiary/aromatic N) is 4. The molecule has 0 radical (unpaired) electrons. The molecule has 11 heteroatoms. The van der Waals surface area contributed by atoms with Crippen molar-refractivity contribution in [2.45, 2.75) is 70.1 Å². The molecule has 2 aliphatic heterocycles. The van der Waals surface area contributed by atoms with Crippen LogP contribution in [0.4, 0.5) is 0 Å². The zero-order chi connectivity index (χ0) is 29.4. The molecule has 0 spiro atoms. The number of amides is 2. The molecule has 1 aromatic carbocycles. The van der Waals surface area contributed by atoms with Crippen LogP contribution in [0.1, 0.15) is 50.3 Å². The Morgan fingerprint density at radius 2 is 1.98 bits per heavy atom. The van der Waals surface area contributed by atoms with Crippen molar-refractivity contribution in [2.24, 2.45) is 5.92 Å². The number of carbonyl (C=O) groups excluding carboxylic acids is 2. The number of imidazole rings is 1. The molecule has 1 aromatic heterocycles. The average Bonchev–Trinajstić information content (AvgIpc) is 3.72. The molecule has 2 aromatic rings. The van der Waals surface area contributed by atoms with Gasteiger partial charge in [0.2, 0.25) is 11.8 Å². The van der Waals surface area contributed by atoms with E-state index in [0.717, 1.165) is 49.2 Å². The standard InChI is InChI=1S/C30H43N5O5S/c1-4-22-11-14-33(28(22)29(37)32-26(30(38)39)12-15-41-3)19-23-6-5-13-35(23)27(36)16-24-17-31-20-34(24)18-21-7-9-25(40-2)10-8-21/h7-10,17,20,22-23,26,28H,4-6,11-16,18-19H2,1-3H3,(H,32,37)(H,38,39)/t22-,23-,26-,28-/m0/s1. The largest absolute Gasteiger partial charge is 0.497 e. The topological polar surface area (TPSA) is 117 Å². The first-order valence-corrected chi connectivity index (χ1v) is 15.9. The third kappa shape index (κ3) is 7.82. The Balaban J connectivity index is 1.39. The molecule has 2 N–H and O–H groups in total. The Labute approximate surface area is 246 Å². The summed E-state index contributed by atoms with van der Waals surface area (Å²) in [6.45, 7) is 4.79. The van der Waals surface area contributed by atoms with Crippen LogP contribution < -0.4 is 10.1 Å². The second kappa shape index (κ2) is 14.7. The van der Waals surface area contributed by atoms with Gasteiger partial charge in [0.05, 0.1) is 25.9 Å². The van der Waals surface area contributed by atoms with Gasteiger partial charge in [0.1, 0.15) is 11.8 Å². The first kappa shape index (κ1) is 30.9. The van der Waals surface area contributed by atoms with Gasteiger partial charge in [0, 0.05) is 37.6 Å². The molecule has 3 heterocycles. The Bertz CT molecular complexity index is 1170. The molecule has 0 unspecified atom stereocenters. The van der Waals surface area contributed by atoms with Gasteiger partial charge >= 0.3 is 5.97 Å².